The van der Waals surface area contributed by atoms with Crippen molar-refractivity contribution in [1.29, 1.82) is 0 Å². The second kappa shape index (κ2) is 8.85. The van der Waals surface area contributed by atoms with Gasteiger partial charge in [0.05, 0.1) is 6.04 Å². The third-order valence-corrected chi connectivity index (χ3v) is 4.70. The minimum atomic E-state index is -3.20. The third-order valence-electron chi connectivity index (χ3n) is 3.89. The maximum atomic E-state index is 12.5. The Hall–Kier alpha value is -2.08. The molecular weight excluding hydrogens is 338 g/mol. The van der Waals surface area contributed by atoms with Crippen molar-refractivity contribution in [3.8, 4) is 0 Å². The molecule has 1 unspecified atom stereocenters. The molecule has 0 spiro atoms. The van der Waals surface area contributed by atoms with Crippen LogP contribution in [-0.2, 0) is 15.6 Å². The van der Waals surface area contributed by atoms with Crippen LogP contribution in [0.5, 0.6) is 0 Å². The number of benzene rings is 1. The smallest absolute Gasteiger partial charge is 0.287 e. The van der Waals surface area contributed by atoms with Crippen molar-refractivity contribution in [2.24, 2.45) is 0 Å². The Morgan fingerprint density at radius 3 is 2.48 bits per heavy atom. The van der Waals surface area contributed by atoms with Crippen molar-refractivity contribution in [2.75, 3.05) is 6.26 Å². The summed E-state index contributed by atoms with van der Waals surface area (Å²) in [6.45, 7) is 2.14. The first-order chi connectivity index (χ1) is 11.9. The van der Waals surface area contributed by atoms with Crippen molar-refractivity contribution in [3.05, 3.63) is 59.5 Å². The first-order valence-electron chi connectivity index (χ1n) is 8.51. The largest absolute Gasteiger partial charge is 0.455 e. The molecule has 136 valence electrons. The predicted octanol–water partition coefficient (Wildman–Crippen LogP) is 3.88. The molecule has 0 bridgehead atoms. The highest BCUT2D eigenvalue weighted by atomic mass is 32.2. The molecule has 0 aliphatic heterocycles. The van der Waals surface area contributed by atoms with Crippen molar-refractivity contribution < 1.29 is 17.6 Å². The van der Waals surface area contributed by atoms with Crippen LogP contribution < -0.4 is 5.32 Å². The summed E-state index contributed by atoms with van der Waals surface area (Å²) in [6, 6.07) is 12.8. The summed E-state index contributed by atoms with van der Waals surface area (Å²) in [5, 5.41) is 3.00. The second-order valence-electron chi connectivity index (χ2n) is 6.27. The van der Waals surface area contributed by atoms with E-state index in [0.717, 1.165) is 37.5 Å². The van der Waals surface area contributed by atoms with Gasteiger partial charge in [-0.05, 0) is 24.1 Å². The molecule has 0 aliphatic carbocycles. The van der Waals surface area contributed by atoms with E-state index in [0.29, 0.717) is 0 Å². The molecule has 0 aliphatic rings. The summed E-state index contributed by atoms with van der Waals surface area (Å²) < 4.78 is 28.1. The van der Waals surface area contributed by atoms with Crippen molar-refractivity contribution in [1.82, 2.24) is 5.32 Å². The zero-order valence-electron chi connectivity index (χ0n) is 14.7. The Morgan fingerprint density at radius 2 is 1.84 bits per heavy atom. The fourth-order valence-corrected chi connectivity index (χ4v) is 3.34. The van der Waals surface area contributed by atoms with E-state index in [1.165, 1.54) is 12.1 Å². The lowest BCUT2D eigenvalue weighted by Crippen LogP contribution is -2.28. The highest BCUT2D eigenvalue weighted by Crippen LogP contribution is 2.21. The lowest BCUT2D eigenvalue weighted by molar-refractivity contribution is 0.0904. The van der Waals surface area contributed by atoms with Crippen LogP contribution in [0.1, 0.15) is 60.5 Å². The number of carbonyl (C=O) groups excluding carboxylic acids is 1. The number of rotatable bonds is 9. The average Bonchev–Trinajstić information content (AvgIpc) is 3.01. The zero-order chi connectivity index (χ0) is 18.3. The van der Waals surface area contributed by atoms with Crippen LogP contribution in [-0.4, -0.2) is 20.6 Å². The van der Waals surface area contributed by atoms with Crippen LogP contribution >= 0.6 is 0 Å². The van der Waals surface area contributed by atoms with Crippen molar-refractivity contribution >= 4 is 15.7 Å². The Balaban J connectivity index is 2.08. The fourth-order valence-electron chi connectivity index (χ4n) is 2.67. The van der Waals surface area contributed by atoms with Crippen molar-refractivity contribution in [2.45, 2.75) is 44.4 Å². The second-order valence-corrected chi connectivity index (χ2v) is 8.41. The van der Waals surface area contributed by atoms with Crippen LogP contribution in [0.4, 0.5) is 0 Å². The van der Waals surface area contributed by atoms with Crippen LogP contribution in [0, 0.1) is 0 Å². The Kier molecular flexibility index (Phi) is 6.82. The summed E-state index contributed by atoms with van der Waals surface area (Å²) >= 11 is 0. The lowest BCUT2D eigenvalue weighted by Gasteiger charge is -2.18. The Bertz CT molecular complexity index is 781. The molecule has 1 aromatic heterocycles. The first-order valence-corrected chi connectivity index (χ1v) is 10.6. The molecule has 1 heterocycles. The highest BCUT2D eigenvalue weighted by molar-refractivity contribution is 7.89. The Labute approximate surface area is 149 Å². The zero-order valence-corrected chi connectivity index (χ0v) is 15.5. The van der Waals surface area contributed by atoms with E-state index in [-0.39, 0.29) is 29.2 Å². The molecule has 1 aromatic carbocycles. The molecule has 2 rings (SSSR count). The van der Waals surface area contributed by atoms with E-state index in [1.807, 2.05) is 30.3 Å². The monoisotopic (exact) mass is 363 g/mol. The van der Waals surface area contributed by atoms with Gasteiger partial charge in [0, 0.05) is 6.26 Å². The molecule has 5 nitrogen and oxygen atoms in total. The van der Waals surface area contributed by atoms with E-state index >= 15 is 0 Å². The van der Waals surface area contributed by atoms with E-state index in [9.17, 15) is 13.2 Å². The molecule has 1 N–H and O–H groups in total. The van der Waals surface area contributed by atoms with Gasteiger partial charge in [0.25, 0.3) is 5.91 Å². The minimum Gasteiger partial charge on any atom is -0.455 e. The van der Waals surface area contributed by atoms with Gasteiger partial charge in [-0.1, -0.05) is 56.5 Å². The molecule has 0 saturated heterocycles. The van der Waals surface area contributed by atoms with Crippen LogP contribution in [0.3, 0.4) is 0 Å². The third kappa shape index (κ3) is 6.38. The molecular formula is C19H25NO4S. The van der Waals surface area contributed by atoms with E-state index in [2.05, 4.69) is 12.2 Å². The molecule has 0 fully saturated rings. The maximum absolute atomic E-state index is 12.5. The summed E-state index contributed by atoms with van der Waals surface area (Å²) in [7, 11) is -3.20. The number of furan rings is 1. The minimum absolute atomic E-state index is 0.0938. The first kappa shape index (κ1) is 19.2. The molecule has 1 atom stereocenters. The van der Waals surface area contributed by atoms with E-state index in [1.54, 1.807) is 0 Å². The number of sulfone groups is 1. The predicted molar refractivity (Wildman–Crippen MR) is 98.0 cm³/mol. The number of amides is 1. The fraction of sp³-hybridized carbons (Fsp3) is 0.421. The van der Waals surface area contributed by atoms with Gasteiger partial charge in [0.2, 0.25) is 0 Å². The van der Waals surface area contributed by atoms with Crippen LogP contribution in [0.25, 0.3) is 0 Å². The number of hydrogen-bond donors (Lipinski definition) is 1. The van der Waals surface area contributed by atoms with Gasteiger partial charge in [0.1, 0.15) is 11.5 Å². The molecule has 6 heteroatoms. The average molecular weight is 363 g/mol. The van der Waals surface area contributed by atoms with E-state index in [4.69, 9.17) is 4.42 Å². The normalized spacial score (nSPS) is 12.7. The Morgan fingerprint density at radius 1 is 1.12 bits per heavy atom. The van der Waals surface area contributed by atoms with Gasteiger partial charge in [-0.25, -0.2) is 8.42 Å². The standard InChI is InChI=1S/C19H25NO4S/c1-3-4-6-11-17(15-9-7-5-8-10-15)20-19(21)18-13-12-16(24-18)14-25(2,22)23/h5,7-10,12-13,17H,3-4,6,11,14H2,1-2H3,(H,20,21). The number of hydrogen-bond acceptors (Lipinski definition) is 4. The summed E-state index contributed by atoms with van der Waals surface area (Å²) in [6.07, 6.45) is 5.23. The van der Waals surface area contributed by atoms with Crippen LogP contribution in [0.15, 0.2) is 46.9 Å². The number of carbonyl (C=O) groups is 1. The number of nitrogens with one attached hydrogen (secondary N) is 1. The maximum Gasteiger partial charge on any atom is 0.287 e. The van der Waals surface area contributed by atoms with Gasteiger partial charge in [-0.3, -0.25) is 4.79 Å². The van der Waals surface area contributed by atoms with Gasteiger partial charge in [-0.15, -0.1) is 0 Å². The number of unbranched alkanes of at least 4 members (excludes halogenated alkanes) is 2. The summed E-state index contributed by atoms with van der Waals surface area (Å²) in [5.74, 6) is -0.131. The summed E-state index contributed by atoms with van der Waals surface area (Å²) in [5.41, 5.74) is 1.05. The van der Waals surface area contributed by atoms with E-state index < -0.39 is 9.84 Å². The molecule has 1 amide bonds. The van der Waals surface area contributed by atoms with Gasteiger partial charge in [0.15, 0.2) is 15.6 Å². The van der Waals surface area contributed by atoms with Crippen LogP contribution in [0.2, 0.25) is 0 Å². The summed E-state index contributed by atoms with van der Waals surface area (Å²) in [4.78, 5) is 12.5. The van der Waals surface area contributed by atoms with Gasteiger partial charge >= 0.3 is 0 Å². The van der Waals surface area contributed by atoms with Gasteiger partial charge in [-0.2, -0.15) is 0 Å². The molecule has 0 radical (unpaired) electrons. The quantitative estimate of drug-likeness (QED) is 0.686. The lowest BCUT2D eigenvalue weighted by atomic mass is 10.0. The molecule has 25 heavy (non-hydrogen) atoms. The molecule has 2 aromatic rings. The SMILES string of the molecule is CCCCCC(NC(=O)c1ccc(CS(C)(=O)=O)o1)c1ccccc1. The van der Waals surface area contributed by atoms with Gasteiger partial charge < -0.3 is 9.73 Å². The molecule has 0 saturated carbocycles. The topological polar surface area (TPSA) is 76.4 Å². The van der Waals surface area contributed by atoms with Crippen molar-refractivity contribution in [3.63, 3.8) is 0 Å². The highest BCUT2D eigenvalue weighted by Gasteiger charge is 2.19.